The highest BCUT2D eigenvalue weighted by molar-refractivity contribution is 7.89. The van der Waals surface area contributed by atoms with E-state index in [4.69, 9.17) is 9.15 Å². The Kier molecular flexibility index (Phi) is 6.10. The Morgan fingerprint density at radius 3 is 2.77 bits per heavy atom. The third kappa shape index (κ3) is 4.64. The first kappa shape index (κ1) is 21.1. The molecule has 1 saturated heterocycles. The number of aromatic amines is 1. The number of piperidine rings is 1. The normalized spacial score (nSPS) is 17.4. The number of amides is 1. The van der Waals surface area contributed by atoms with Gasteiger partial charge in [-0.2, -0.15) is 9.40 Å². The highest BCUT2D eigenvalue weighted by atomic mass is 32.2. The maximum Gasteiger partial charge on any atom is 0.276 e. The van der Waals surface area contributed by atoms with Gasteiger partial charge in [0, 0.05) is 25.8 Å². The standard InChI is InChI=1S/C21H24N4O5S/c1-29-17-6-4-15(5-7-17)13-22-21(26)16-3-2-12-25(14-16)31(27,28)20-9-8-19(30-20)18-10-11-23-24-18/h4-11,16H,2-3,12-14H2,1H3,(H,22,26)(H,23,24)/t16-/m1/s1. The monoisotopic (exact) mass is 444 g/mol. The Labute approximate surface area is 180 Å². The van der Waals surface area contributed by atoms with Crippen molar-refractivity contribution in [1.82, 2.24) is 19.8 Å². The molecule has 9 nitrogen and oxygen atoms in total. The smallest absolute Gasteiger partial charge is 0.276 e. The topological polar surface area (TPSA) is 118 Å². The maximum atomic E-state index is 13.0. The molecule has 2 N–H and O–H groups in total. The van der Waals surface area contributed by atoms with E-state index in [0.717, 1.165) is 11.3 Å². The summed E-state index contributed by atoms with van der Waals surface area (Å²) in [5.41, 5.74) is 1.53. The Morgan fingerprint density at radius 1 is 1.26 bits per heavy atom. The van der Waals surface area contributed by atoms with E-state index in [1.54, 1.807) is 25.4 Å². The van der Waals surface area contributed by atoms with Crippen LogP contribution >= 0.6 is 0 Å². The molecule has 3 aromatic rings. The van der Waals surface area contributed by atoms with Crippen molar-refractivity contribution in [3.8, 4) is 17.2 Å². The highest BCUT2D eigenvalue weighted by Crippen LogP contribution is 2.28. The number of carbonyl (C=O) groups is 1. The number of furan rings is 1. The van der Waals surface area contributed by atoms with Gasteiger partial charge >= 0.3 is 0 Å². The van der Waals surface area contributed by atoms with Gasteiger partial charge in [-0.05, 0) is 48.7 Å². The fraction of sp³-hybridized carbons (Fsp3) is 0.333. The van der Waals surface area contributed by atoms with Crippen molar-refractivity contribution in [3.63, 3.8) is 0 Å². The van der Waals surface area contributed by atoms with Crippen LogP contribution in [-0.4, -0.2) is 49.0 Å². The van der Waals surface area contributed by atoms with E-state index in [1.165, 1.54) is 10.4 Å². The van der Waals surface area contributed by atoms with Crippen LogP contribution in [0.5, 0.6) is 5.75 Å². The van der Waals surface area contributed by atoms with Crippen LogP contribution in [0.4, 0.5) is 0 Å². The van der Waals surface area contributed by atoms with Gasteiger partial charge < -0.3 is 14.5 Å². The molecule has 164 valence electrons. The lowest BCUT2D eigenvalue weighted by Gasteiger charge is -2.30. The maximum absolute atomic E-state index is 13.0. The van der Waals surface area contributed by atoms with Gasteiger partial charge in [-0.25, -0.2) is 8.42 Å². The zero-order valence-corrected chi connectivity index (χ0v) is 17.9. The van der Waals surface area contributed by atoms with Crippen LogP contribution in [0, 0.1) is 5.92 Å². The van der Waals surface area contributed by atoms with Crippen LogP contribution in [0.1, 0.15) is 18.4 Å². The summed E-state index contributed by atoms with van der Waals surface area (Å²) in [6.07, 6.45) is 2.80. The number of methoxy groups -OCH3 is 1. The molecule has 1 aliphatic heterocycles. The van der Waals surface area contributed by atoms with Gasteiger partial charge in [-0.1, -0.05) is 12.1 Å². The predicted octanol–water partition coefficient (Wildman–Crippen LogP) is 2.40. The largest absolute Gasteiger partial charge is 0.497 e. The number of ether oxygens (including phenoxy) is 1. The predicted molar refractivity (Wildman–Crippen MR) is 113 cm³/mol. The van der Waals surface area contributed by atoms with E-state index in [9.17, 15) is 13.2 Å². The fourth-order valence-corrected chi connectivity index (χ4v) is 5.01. The molecule has 1 amide bonds. The first-order valence-electron chi connectivity index (χ1n) is 9.98. The zero-order chi connectivity index (χ0) is 21.8. The number of hydrogen-bond acceptors (Lipinski definition) is 6. The number of nitrogens with one attached hydrogen (secondary N) is 2. The number of sulfonamides is 1. The van der Waals surface area contributed by atoms with Gasteiger partial charge in [0.15, 0.2) is 5.76 Å². The minimum atomic E-state index is -3.84. The van der Waals surface area contributed by atoms with Gasteiger partial charge in [-0.15, -0.1) is 0 Å². The second-order valence-corrected chi connectivity index (χ2v) is 9.23. The van der Waals surface area contributed by atoms with Crippen molar-refractivity contribution in [1.29, 1.82) is 0 Å². The molecule has 1 atom stereocenters. The molecule has 0 radical (unpaired) electrons. The summed E-state index contributed by atoms with van der Waals surface area (Å²) in [5.74, 6) is 0.566. The number of hydrogen-bond donors (Lipinski definition) is 2. The first-order valence-corrected chi connectivity index (χ1v) is 11.4. The van der Waals surface area contributed by atoms with Crippen molar-refractivity contribution in [3.05, 3.63) is 54.2 Å². The SMILES string of the molecule is COc1ccc(CNC(=O)[C@@H]2CCCN(S(=O)(=O)c3ccc(-c4ccn[nH]4)o3)C2)cc1. The third-order valence-electron chi connectivity index (χ3n) is 5.32. The van der Waals surface area contributed by atoms with Crippen LogP contribution in [-0.2, 0) is 21.4 Å². The molecule has 1 aliphatic rings. The van der Waals surface area contributed by atoms with Crippen molar-refractivity contribution in [2.75, 3.05) is 20.2 Å². The number of rotatable bonds is 7. The minimum absolute atomic E-state index is 0.122. The summed E-state index contributed by atoms with van der Waals surface area (Å²) in [6, 6.07) is 12.1. The molecule has 0 bridgehead atoms. The molecule has 0 spiro atoms. The van der Waals surface area contributed by atoms with Crippen molar-refractivity contribution in [2.45, 2.75) is 24.5 Å². The Bertz CT molecular complexity index is 1120. The van der Waals surface area contributed by atoms with Gasteiger partial charge in [0.1, 0.15) is 11.4 Å². The number of nitrogens with zero attached hydrogens (tertiary/aromatic N) is 2. The minimum Gasteiger partial charge on any atom is -0.497 e. The summed E-state index contributed by atoms with van der Waals surface area (Å²) < 4.78 is 38.1. The van der Waals surface area contributed by atoms with Crippen molar-refractivity contribution < 1.29 is 22.4 Å². The first-order chi connectivity index (χ1) is 15.0. The molecule has 3 heterocycles. The Balaban J connectivity index is 1.39. The fourth-order valence-electron chi connectivity index (χ4n) is 3.58. The van der Waals surface area contributed by atoms with Gasteiger partial charge in [0.05, 0.1) is 13.0 Å². The highest BCUT2D eigenvalue weighted by Gasteiger charge is 2.35. The van der Waals surface area contributed by atoms with Gasteiger partial charge in [-0.3, -0.25) is 9.89 Å². The summed E-state index contributed by atoms with van der Waals surface area (Å²) in [5, 5.41) is 9.35. The molecule has 1 aromatic carbocycles. The quantitative estimate of drug-likeness (QED) is 0.578. The van der Waals surface area contributed by atoms with Crippen LogP contribution < -0.4 is 10.1 Å². The van der Waals surface area contributed by atoms with E-state index in [1.807, 2.05) is 24.3 Å². The molecule has 1 fully saturated rings. The Hall–Kier alpha value is -3.11. The molecule has 0 aliphatic carbocycles. The second-order valence-electron chi connectivity index (χ2n) is 7.36. The molecule has 0 saturated carbocycles. The summed E-state index contributed by atoms with van der Waals surface area (Å²) in [4.78, 5) is 12.7. The number of benzene rings is 1. The molecular weight excluding hydrogens is 420 g/mol. The van der Waals surface area contributed by atoms with Crippen LogP contribution in [0.2, 0.25) is 0 Å². The van der Waals surface area contributed by atoms with E-state index in [-0.39, 0.29) is 17.5 Å². The van der Waals surface area contributed by atoms with Crippen LogP contribution in [0.15, 0.2) is 58.2 Å². The van der Waals surface area contributed by atoms with Gasteiger partial charge in [0.2, 0.25) is 11.0 Å². The zero-order valence-electron chi connectivity index (χ0n) is 17.1. The molecule has 31 heavy (non-hydrogen) atoms. The van der Waals surface area contributed by atoms with Gasteiger partial charge in [0.25, 0.3) is 10.0 Å². The second kappa shape index (κ2) is 8.94. The lowest BCUT2D eigenvalue weighted by atomic mass is 9.99. The van der Waals surface area contributed by atoms with E-state index >= 15 is 0 Å². The molecule has 0 unspecified atom stereocenters. The lowest BCUT2D eigenvalue weighted by molar-refractivity contribution is -0.126. The van der Waals surface area contributed by atoms with E-state index in [0.29, 0.717) is 37.4 Å². The van der Waals surface area contributed by atoms with Crippen molar-refractivity contribution in [2.24, 2.45) is 5.92 Å². The van der Waals surface area contributed by atoms with Crippen LogP contribution in [0.25, 0.3) is 11.5 Å². The lowest BCUT2D eigenvalue weighted by Crippen LogP contribution is -2.45. The van der Waals surface area contributed by atoms with Crippen molar-refractivity contribution >= 4 is 15.9 Å². The summed E-state index contributed by atoms with van der Waals surface area (Å²) >= 11 is 0. The molecule has 2 aromatic heterocycles. The van der Waals surface area contributed by atoms with E-state index in [2.05, 4.69) is 15.5 Å². The molecule has 4 rings (SSSR count). The van der Waals surface area contributed by atoms with E-state index < -0.39 is 15.9 Å². The van der Waals surface area contributed by atoms with Crippen LogP contribution in [0.3, 0.4) is 0 Å². The third-order valence-corrected chi connectivity index (χ3v) is 7.06. The Morgan fingerprint density at radius 2 is 2.06 bits per heavy atom. The number of aromatic nitrogens is 2. The molecular formula is C21H24N4O5S. The number of H-pyrrole nitrogens is 1. The summed E-state index contributed by atoms with van der Waals surface area (Å²) in [7, 11) is -2.24. The summed E-state index contributed by atoms with van der Waals surface area (Å²) in [6.45, 7) is 0.847. The average Bonchev–Trinajstić information content (AvgIpc) is 3.50. The number of carbonyl (C=O) groups excluding carboxylic acids is 1. The average molecular weight is 445 g/mol. The molecule has 10 heteroatoms.